The minimum Gasteiger partial charge on any atom is -0.489 e. The summed E-state index contributed by atoms with van der Waals surface area (Å²) in [6, 6.07) is 13.8. The van der Waals surface area contributed by atoms with Crippen molar-refractivity contribution in [1.29, 1.82) is 0 Å². The molecule has 0 aliphatic heterocycles. The first kappa shape index (κ1) is 13.6. The van der Waals surface area contributed by atoms with Crippen LogP contribution in [0.3, 0.4) is 0 Å². The molecule has 0 aromatic heterocycles. The monoisotopic (exact) mass is 260 g/mol. The van der Waals surface area contributed by atoms with E-state index in [1.54, 1.807) is 30.3 Å². The van der Waals surface area contributed by atoms with Crippen molar-refractivity contribution < 1.29 is 14.2 Å². The van der Waals surface area contributed by atoms with Crippen molar-refractivity contribution in [3.05, 3.63) is 65.5 Å². The molecular weight excluding hydrogens is 243 g/mol. The predicted molar refractivity (Wildman–Crippen MR) is 72.4 cm³/mol. The molecule has 3 heteroatoms. The fourth-order valence-corrected chi connectivity index (χ4v) is 1.80. The molecule has 0 radical (unpaired) electrons. The SMILES string of the molecule is CC[C@H](O)c1ccc(OCc2ccccc2F)cc1. The van der Waals surface area contributed by atoms with Crippen molar-refractivity contribution in [1.82, 2.24) is 0 Å². The molecule has 100 valence electrons. The van der Waals surface area contributed by atoms with Gasteiger partial charge in [-0.1, -0.05) is 37.3 Å². The van der Waals surface area contributed by atoms with Crippen LogP contribution in [0.25, 0.3) is 0 Å². The summed E-state index contributed by atoms with van der Waals surface area (Å²) in [6.07, 6.45) is 0.232. The van der Waals surface area contributed by atoms with Crippen LogP contribution in [0, 0.1) is 5.82 Å². The number of ether oxygens (including phenoxy) is 1. The lowest BCUT2D eigenvalue weighted by molar-refractivity contribution is 0.173. The van der Waals surface area contributed by atoms with E-state index in [0.29, 0.717) is 17.7 Å². The Hall–Kier alpha value is -1.87. The van der Waals surface area contributed by atoms with Gasteiger partial charge >= 0.3 is 0 Å². The average Bonchev–Trinajstić information content (AvgIpc) is 2.46. The van der Waals surface area contributed by atoms with Crippen LogP contribution in [0.1, 0.15) is 30.6 Å². The Morgan fingerprint density at radius 1 is 1.11 bits per heavy atom. The molecular formula is C16H17FO2. The number of aliphatic hydroxyl groups excluding tert-OH is 1. The van der Waals surface area contributed by atoms with Gasteiger partial charge in [-0.25, -0.2) is 4.39 Å². The summed E-state index contributed by atoms with van der Waals surface area (Å²) in [7, 11) is 0. The summed E-state index contributed by atoms with van der Waals surface area (Å²) in [5, 5.41) is 9.67. The average molecular weight is 260 g/mol. The van der Waals surface area contributed by atoms with E-state index in [4.69, 9.17) is 4.74 Å². The lowest BCUT2D eigenvalue weighted by Crippen LogP contribution is -1.99. The first-order chi connectivity index (χ1) is 9.20. The molecule has 0 aliphatic rings. The highest BCUT2D eigenvalue weighted by Gasteiger charge is 2.05. The number of aliphatic hydroxyl groups is 1. The Labute approximate surface area is 112 Å². The Kier molecular flexibility index (Phi) is 4.53. The Balaban J connectivity index is 1.99. The van der Waals surface area contributed by atoms with E-state index < -0.39 is 6.10 Å². The molecule has 0 bridgehead atoms. The highest BCUT2D eigenvalue weighted by atomic mass is 19.1. The van der Waals surface area contributed by atoms with Crippen LogP contribution in [0.5, 0.6) is 5.75 Å². The van der Waals surface area contributed by atoms with Gasteiger partial charge in [0.25, 0.3) is 0 Å². The highest BCUT2D eigenvalue weighted by molar-refractivity contribution is 5.29. The number of hydrogen-bond acceptors (Lipinski definition) is 2. The van der Waals surface area contributed by atoms with Crippen LogP contribution in [-0.2, 0) is 6.61 Å². The largest absolute Gasteiger partial charge is 0.489 e. The van der Waals surface area contributed by atoms with Crippen molar-refractivity contribution in [3.8, 4) is 5.75 Å². The fraction of sp³-hybridized carbons (Fsp3) is 0.250. The van der Waals surface area contributed by atoms with Gasteiger partial charge in [0.2, 0.25) is 0 Å². The lowest BCUT2D eigenvalue weighted by Gasteiger charge is -2.10. The number of benzene rings is 2. The van der Waals surface area contributed by atoms with E-state index in [2.05, 4.69) is 0 Å². The summed E-state index contributed by atoms with van der Waals surface area (Å²) >= 11 is 0. The number of rotatable bonds is 5. The molecule has 2 rings (SSSR count). The van der Waals surface area contributed by atoms with Crippen LogP contribution < -0.4 is 4.74 Å². The third-order valence-electron chi connectivity index (χ3n) is 3.00. The summed E-state index contributed by atoms with van der Waals surface area (Å²) < 4.78 is 18.9. The van der Waals surface area contributed by atoms with E-state index >= 15 is 0 Å². The molecule has 1 atom stereocenters. The van der Waals surface area contributed by atoms with Gasteiger partial charge in [0.05, 0.1) is 6.10 Å². The van der Waals surface area contributed by atoms with Crippen LogP contribution in [0.2, 0.25) is 0 Å². The summed E-state index contributed by atoms with van der Waals surface area (Å²) in [4.78, 5) is 0. The zero-order valence-corrected chi connectivity index (χ0v) is 10.8. The van der Waals surface area contributed by atoms with Gasteiger partial charge < -0.3 is 9.84 Å². The molecule has 19 heavy (non-hydrogen) atoms. The Morgan fingerprint density at radius 2 is 1.79 bits per heavy atom. The van der Waals surface area contributed by atoms with E-state index in [9.17, 15) is 9.50 Å². The topological polar surface area (TPSA) is 29.5 Å². The van der Waals surface area contributed by atoms with E-state index in [-0.39, 0.29) is 12.4 Å². The lowest BCUT2D eigenvalue weighted by atomic mass is 10.1. The summed E-state index contributed by atoms with van der Waals surface area (Å²) in [6.45, 7) is 2.12. The van der Waals surface area contributed by atoms with Crippen molar-refractivity contribution in [3.63, 3.8) is 0 Å². The maximum Gasteiger partial charge on any atom is 0.129 e. The third-order valence-corrected chi connectivity index (χ3v) is 3.00. The van der Waals surface area contributed by atoms with E-state index in [0.717, 1.165) is 5.56 Å². The maximum atomic E-state index is 13.4. The van der Waals surface area contributed by atoms with Gasteiger partial charge in [-0.05, 0) is 30.2 Å². The first-order valence-electron chi connectivity index (χ1n) is 6.35. The van der Waals surface area contributed by atoms with Gasteiger partial charge in [-0.2, -0.15) is 0 Å². The third kappa shape index (κ3) is 3.55. The molecule has 0 unspecified atom stereocenters. The second kappa shape index (κ2) is 6.34. The number of hydrogen-bond donors (Lipinski definition) is 1. The fourth-order valence-electron chi connectivity index (χ4n) is 1.80. The van der Waals surface area contributed by atoms with Crippen LogP contribution in [0.15, 0.2) is 48.5 Å². The smallest absolute Gasteiger partial charge is 0.129 e. The molecule has 0 saturated carbocycles. The molecule has 0 amide bonds. The molecule has 1 N–H and O–H groups in total. The minimum atomic E-state index is -0.444. The second-order valence-electron chi connectivity index (χ2n) is 4.37. The van der Waals surface area contributed by atoms with Crippen molar-refractivity contribution >= 4 is 0 Å². The Morgan fingerprint density at radius 3 is 2.42 bits per heavy atom. The predicted octanol–water partition coefficient (Wildman–Crippen LogP) is 3.85. The van der Waals surface area contributed by atoms with Crippen LogP contribution in [-0.4, -0.2) is 5.11 Å². The van der Waals surface area contributed by atoms with Crippen molar-refractivity contribution in [2.24, 2.45) is 0 Å². The van der Waals surface area contributed by atoms with Gasteiger partial charge in [-0.3, -0.25) is 0 Å². The standard InChI is InChI=1S/C16H17FO2/c1-2-16(18)12-7-9-14(10-8-12)19-11-13-5-3-4-6-15(13)17/h3-10,16,18H,2,11H2,1H3/t16-/m0/s1. The second-order valence-corrected chi connectivity index (χ2v) is 4.37. The molecule has 0 heterocycles. The zero-order valence-electron chi connectivity index (χ0n) is 10.8. The van der Waals surface area contributed by atoms with Crippen molar-refractivity contribution in [2.45, 2.75) is 26.1 Å². The van der Waals surface area contributed by atoms with Gasteiger partial charge in [0.15, 0.2) is 0 Å². The quantitative estimate of drug-likeness (QED) is 0.884. The van der Waals surface area contributed by atoms with Gasteiger partial charge in [0.1, 0.15) is 18.2 Å². The summed E-state index contributed by atoms with van der Waals surface area (Å²) in [5.74, 6) is 0.399. The molecule has 2 aromatic rings. The molecule has 0 fully saturated rings. The minimum absolute atomic E-state index is 0.197. The van der Waals surface area contributed by atoms with Crippen LogP contribution in [0.4, 0.5) is 4.39 Å². The van der Waals surface area contributed by atoms with Gasteiger partial charge in [0, 0.05) is 5.56 Å². The zero-order chi connectivity index (χ0) is 13.7. The molecule has 0 aliphatic carbocycles. The van der Waals surface area contributed by atoms with Crippen molar-refractivity contribution in [2.75, 3.05) is 0 Å². The highest BCUT2D eigenvalue weighted by Crippen LogP contribution is 2.20. The Bertz CT molecular complexity index is 523. The molecule has 2 nitrogen and oxygen atoms in total. The molecule has 0 spiro atoms. The first-order valence-corrected chi connectivity index (χ1v) is 6.35. The maximum absolute atomic E-state index is 13.4. The van der Waals surface area contributed by atoms with Crippen LogP contribution >= 0.6 is 0 Å². The summed E-state index contributed by atoms with van der Waals surface area (Å²) in [5.41, 5.74) is 1.39. The normalized spacial score (nSPS) is 12.2. The molecule has 0 saturated heterocycles. The van der Waals surface area contributed by atoms with Gasteiger partial charge in [-0.15, -0.1) is 0 Å². The van der Waals surface area contributed by atoms with E-state index in [1.165, 1.54) is 6.07 Å². The number of halogens is 1. The van der Waals surface area contributed by atoms with E-state index in [1.807, 2.05) is 19.1 Å². The molecule has 2 aromatic carbocycles.